The van der Waals surface area contributed by atoms with Crippen molar-refractivity contribution in [1.29, 1.82) is 0 Å². The monoisotopic (exact) mass is 257 g/mol. The van der Waals surface area contributed by atoms with Gasteiger partial charge >= 0.3 is 0 Å². The molecule has 0 aliphatic heterocycles. The van der Waals surface area contributed by atoms with Crippen molar-refractivity contribution in [2.24, 2.45) is 0 Å². The van der Waals surface area contributed by atoms with Crippen LogP contribution >= 0.6 is 27.3 Å². The number of nitrogen functional groups attached to an aromatic ring is 1. The second-order valence-corrected chi connectivity index (χ2v) is 4.39. The molecular formula is C9H8BrNOS. The molecule has 2 N–H and O–H groups in total. The van der Waals surface area contributed by atoms with Gasteiger partial charge in [-0.05, 0) is 33.4 Å². The van der Waals surface area contributed by atoms with Gasteiger partial charge in [-0.2, -0.15) is 0 Å². The number of ether oxygens (including phenoxy) is 1. The molecule has 2 nitrogen and oxygen atoms in total. The molecule has 0 unspecified atom stereocenters. The minimum Gasteiger partial charge on any atom is -0.493 e. The number of anilines is 1. The van der Waals surface area contributed by atoms with Crippen molar-refractivity contribution in [2.45, 2.75) is 0 Å². The van der Waals surface area contributed by atoms with Gasteiger partial charge in [-0.25, -0.2) is 0 Å². The maximum atomic E-state index is 5.81. The highest BCUT2D eigenvalue weighted by molar-refractivity contribution is 9.10. The van der Waals surface area contributed by atoms with Crippen LogP contribution in [0.5, 0.6) is 5.75 Å². The largest absolute Gasteiger partial charge is 0.493 e. The van der Waals surface area contributed by atoms with Crippen LogP contribution in [0, 0.1) is 0 Å². The molecular weight excluding hydrogens is 250 g/mol. The van der Waals surface area contributed by atoms with E-state index in [0.717, 1.165) is 9.86 Å². The number of methoxy groups -OCH3 is 1. The van der Waals surface area contributed by atoms with E-state index in [-0.39, 0.29) is 0 Å². The molecule has 1 aromatic heterocycles. The van der Waals surface area contributed by atoms with Gasteiger partial charge in [-0.1, -0.05) is 0 Å². The zero-order valence-electron chi connectivity index (χ0n) is 7.00. The molecule has 0 radical (unpaired) electrons. The van der Waals surface area contributed by atoms with Crippen molar-refractivity contribution in [1.82, 2.24) is 0 Å². The van der Waals surface area contributed by atoms with E-state index in [0.29, 0.717) is 11.4 Å². The Bertz CT molecular complexity index is 452. The summed E-state index contributed by atoms with van der Waals surface area (Å²) >= 11 is 5.14. The lowest BCUT2D eigenvalue weighted by molar-refractivity contribution is 0.415. The Balaban J connectivity index is 2.85. The molecule has 0 saturated heterocycles. The second kappa shape index (κ2) is 3.20. The Hall–Kier alpha value is -0.740. The molecule has 0 saturated carbocycles. The van der Waals surface area contributed by atoms with E-state index in [2.05, 4.69) is 15.9 Å². The zero-order chi connectivity index (χ0) is 9.42. The summed E-state index contributed by atoms with van der Waals surface area (Å²) in [5.41, 5.74) is 6.48. The fraction of sp³-hybridized carbons (Fsp3) is 0.111. The van der Waals surface area contributed by atoms with Crippen LogP contribution < -0.4 is 10.5 Å². The van der Waals surface area contributed by atoms with Crippen LogP contribution in [0.15, 0.2) is 22.0 Å². The minimum absolute atomic E-state index is 0.671. The molecule has 2 rings (SSSR count). The van der Waals surface area contributed by atoms with Gasteiger partial charge in [0.1, 0.15) is 0 Å². The highest BCUT2D eigenvalue weighted by Gasteiger charge is 2.10. The summed E-state index contributed by atoms with van der Waals surface area (Å²) in [4.78, 5) is 0. The first-order valence-corrected chi connectivity index (χ1v) is 5.40. The number of rotatable bonds is 1. The number of thiophene rings is 1. The summed E-state index contributed by atoms with van der Waals surface area (Å²) in [5, 5.41) is 3.19. The van der Waals surface area contributed by atoms with Crippen molar-refractivity contribution in [3.05, 3.63) is 22.0 Å². The quantitative estimate of drug-likeness (QED) is 0.797. The third-order valence-corrected chi connectivity index (χ3v) is 3.54. The molecule has 0 amide bonds. The number of fused-ring (bicyclic) bond motifs is 1. The molecule has 0 aliphatic rings. The normalized spacial score (nSPS) is 10.6. The molecule has 13 heavy (non-hydrogen) atoms. The molecule has 0 atom stereocenters. The standard InChI is InChI=1S/C9H8BrNOS/c1-12-9-6(11)4-7-5(8(9)10)2-3-13-7/h2-4H,11H2,1H3. The van der Waals surface area contributed by atoms with Crippen molar-refractivity contribution in [2.75, 3.05) is 12.8 Å². The molecule has 1 heterocycles. The maximum Gasteiger partial charge on any atom is 0.156 e. The van der Waals surface area contributed by atoms with Crippen LogP contribution in [0.4, 0.5) is 5.69 Å². The number of nitrogens with two attached hydrogens (primary N) is 1. The zero-order valence-corrected chi connectivity index (χ0v) is 9.41. The molecule has 68 valence electrons. The van der Waals surface area contributed by atoms with Gasteiger partial charge in [0.25, 0.3) is 0 Å². The van der Waals surface area contributed by atoms with Gasteiger partial charge < -0.3 is 10.5 Å². The van der Waals surface area contributed by atoms with Gasteiger partial charge in [0, 0.05) is 10.1 Å². The molecule has 0 spiro atoms. The topological polar surface area (TPSA) is 35.2 Å². The highest BCUT2D eigenvalue weighted by atomic mass is 79.9. The smallest absolute Gasteiger partial charge is 0.156 e. The van der Waals surface area contributed by atoms with Crippen molar-refractivity contribution in [3.63, 3.8) is 0 Å². The molecule has 4 heteroatoms. The van der Waals surface area contributed by atoms with Crippen LogP contribution in [0.25, 0.3) is 10.1 Å². The minimum atomic E-state index is 0.671. The second-order valence-electron chi connectivity index (χ2n) is 2.65. The van der Waals surface area contributed by atoms with E-state index in [1.165, 1.54) is 4.70 Å². The van der Waals surface area contributed by atoms with Gasteiger partial charge in [-0.15, -0.1) is 11.3 Å². The Kier molecular flexibility index (Phi) is 2.17. The van der Waals surface area contributed by atoms with Crippen molar-refractivity contribution in [3.8, 4) is 5.75 Å². The van der Waals surface area contributed by atoms with Gasteiger partial charge in [0.2, 0.25) is 0 Å². The summed E-state index contributed by atoms with van der Waals surface area (Å²) in [6.45, 7) is 0. The summed E-state index contributed by atoms with van der Waals surface area (Å²) < 4.78 is 7.29. The molecule has 1 aromatic carbocycles. The van der Waals surface area contributed by atoms with Crippen molar-refractivity contribution >= 4 is 43.0 Å². The Labute approximate surface area is 88.4 Å². The Morgan fingerprint density at radius 2 is 2.31 bits per heavy atom. The van der Waals surface area contributed by atoms with Crippen LogP contribution in [0.2, 0.25) is 0 Å². The Morgan fingerprint density at radius 1 is 1.54 bits per heavy atom. The average Bonchev–Trinajstić information content (AvgIpc) is 2.53. The van der Waals surface area contributed by atoms with Crippen LogP contribution in [0.3, 0.4) is 0 Å². The first-order chi connectivity index (χ1) is 6.24. The summed E-state index contributed by atoms with van der Waals surface area (Å²) in [6.07, 6.45) is 0. The first kappa shape index (κ1) is 8.84. The fourth-order valence-corrected chi connectivity index (χ4v) is 2.99. The summed E-state index contributed by atoms with van der Waals surface area (Å²) in [7, 11) is 1.62. The van der Waals surface area contributed by atoms with Gasteiger partial charge in [0.05, 0.1) is 17.3 Å². The third-order valence-electron chi connectivity index (χ3n) is 1.88. The van der Waals surface area contributed by atoms with E-state index in [9.17, 15) is 0 Å². The summed E-state index contributed by atoms with van der Waals surface area (Å²) in [6, 6.07) is 3.98. The number of halogens is 1. The maximum absolute atomic E-state index is 5.81. The van der Waals surface area contributed by atoms with Gasteiger partial charge in [0.15, 0.2) is 5.75 Å². The molecule has 0 fully saturated rings. The summed E-state index contributed by atoms with van der Waals surface area (Å²) in [5.74, 6) is 0.714. The number of benzene rings is 1. The lowest BCUT2D eigenvalue weighted by Gasteiger charge is -2.07. The van der Waals surface area contributed by atoms with Crippen LogP contribution in [0.1, 0.15) is 0 Å². The third kappa shape index (κ3) is 1.30. The van der Waals surface area contributed by atoms with E-state index in [1.54, 1.807) is 18.4 Å². The first-order valence-electron chi connectivity index (χ1n) is 3.73. The predicted molar refractivity (Wildman–Crippen MR) is 60.5 cm³/mol. The number of hydrogen-bond donors (Lipinski definition) is 1. The Morgan fingerprint density at radius 3 is 3.00 bits per heavy atom. The van der Waals surface area contributed by atoms with E-state index in [1.807, 2.05) is 17.5 Å². The molecule has 0 aliphatic carbocycles. The van der Waals surface area contributed by atoms with Crippen molar-refractivity contribution < 1.29 is 4.74 Å². The van der Waals surface area contributed by atoms with E-state index in [4.69, 9.17) is 10.5 Å². The molecule has 0 bridgehead atoms. The lowest BCUT2D eigenvalue weighted by atomic mass is 10.2. The lowest BCUT2D eigenvalue weighted by Crippen LogP contribution is -1.92. The number of hydrogen-bond acceptors (Lipinski definition) is 3. The van der Waals surface area contributed by atoms with Crippen LogP contribution in [-0.4, -0.2) is 7.11 Å². The molecule has 2 aromatic rings. The van der Waals surface area contributed by atoms with Crippen LogP contribution in [-0.2, 0) is 0 Å². The van der Waals surface area contributed by atoms with Gasteiger partial charge in [-0.3, -0.25) is 0 Å². The SMILES string of the molecule is COc1c(N)cc2sccc2c1Br. The highest BCUT2D eigenvalue weighted by Crippen LogP contribution is 2.39. The van der Waals surface area contributed by atoms with E-state index >= 15 is 0 Å². The average molecular weight is 258 g/mol. The van der Waals surface area contributed by atoms with E-state index < -0.39 is 0 Å². The fourth-order valence-electron chi connectivity index (χ4n) is 1.28. The predicted octanol–water partition coefficient (Wildman–Crippen LogP) is 3.25.